The van der Waals surface area contributed by atoms with E-state index in [1.807, 2.05) is 13.8 Å². The van der Waals surface area contributed by atoms with Crippen LogP contribution in [0.4, 0.5) is 0 Å². The third-order valence-corrected chi connectivity index (χ3v) is 4.39. The lowest BCUT2D eigenvalue weighted by Gasteiger charge is -2.32. The minimum absolute atomic E-state index is 0.104. The predicted octanol–water partition coefficient (Wildman–Crippen LogP) is 3.29. The van der Waals surface area contributed by atoms with E-state index in [9.17, 15) is 0 Å². The molecule has 0 N–H and O–H groups in total. The maximum absolute atomic E-state index is 6.10. The van der Waals surface area contributed by atoms with Crippen molar-refractivity contribution >= 4 is 12.6 Å². The molecule has 0 spiro atoms. The molecule has 0 atom stereocenters. The van der Waals surface area contributed by atoms with Gasteiger partial charge in [-0.15, -0.1) is 0 Å². The zero-order valence-corrected chi connectivity index (χ0v) is 15.1. The van der Waals surface area contributed by atoms with E-state index in [4.69, 9.17) is 14.0 Å². The first-order valence-electron chi connectivity index (χ1n) is 8.05. The van der Waals surface area contributed by atoms with Crippen LogP contribution in [0.1, 0.15) is 66.9 Å². The Kier molecular flexibility index (Phi) is 4.60. The molecule has 1 aliphatic heterocycles. The molecule has 2 rings (SSSR count). The van der Waals surface area contributed by atoms with Crippen molar-refractivity contribution in [1.29, 1.82) is 0 Å². The van der Waals surface area contributed by atoms with Crippen molar-refractivity contribution in [3.63, 3.8) is 0 Å². The quantitative estimate of drug-likeness (QED) is 0.800. The lowest BCUT2D eigenvalue weighted by Crippen LogP contribution is -2.41. The number of hydrogen-bond acceptors (Lipinski definition) is 4. The summed E-state index contributed by atoms with van der Waals surface area (Å²) < 4.78 is 18.0. The summed E-state index contributed by atoms with van der Waals surface area (Å²) in [6, 6.07) is 2.09. The molecule has 1 fully saturated rings. The molecule has 1 saturated heterocycles. The number of hydrogen-bond donors (Lipinski definition) is 0. The smallest absolute Gasteiger partial charge is 0.475 e. The van der Waals surface area contributed by atoms with Crippen LogP contribution in [0.15, 0.2) is 12.3 Å². The molecule has 0 aromatic carbocycles. The van der Waals surface area contributed by atoms with Crippen LogP contribution in [0.2, 0.25) is 0 Å². The monoisotopic (exact) mass is 305 g/mol. The molecular weight excluding hydrogens is 277 g/mol. The van der Waals surface area contributed by atoms with Crippen molar-refractivity contribution in [3.8, 4) is 5.88 Å². The zero-order valence-electron chi connectivity index (χ0n) is 15.1. The van der Waals surface area contributed by atoms with E-state index < -0.39 is 0 Å². The fourth-order valence-electron chi connectivity index (χ4n) is 2.33. The first-order chi connectivity index (χ1) is 10.0. The van der Waals surface area contributed by atoms with Gasteiger partial charge < -0.3 is 14.0 Å². The maximum atomic E-state index is 6.10. The second kappa shape index (κ2) is 5.86. The molecule has 0 saturated carbocycles. The summed E-state index contributed by atoms with van der Waals surface area (Å²) in [5.41, 5.74) is 1.34. The van der Waals surface area contributed by atoms with Gasteiger partial charge in [-0.2, -0.15) is 0 Å². The van der Waals surface area contributed by atoms with Crippen LogP contribution in [0.25, 0.3) is 0 Å². The molecule has 0 amide bonds. The predicted molar refractivity (Wildman–Crippen MR) is 89.8 cm³/mol. The highest BCUT2D eigenvalue weighted by atomic mass is 16.7. The van der Waals surface area contributed by atoms with Gasteiger partial charge in [0.25, 0.3) is 0 Å². The fourth-order valence-corrected chi connectivity index (χ4v) is 2.33. The van der Waals surface area contributed by atoms with Crippen molar-refractivity contribution in [1.82, 2.24) is 4.98 Å². The molecule has 4 nitrogen and oxygen atoms in total. The number of rotatable bonds is 4. The number of nitrogens with zero attached hydrogens (tertiary/aromatic N) is 1. The van der Waals surface area contributed by atoms with Gasteiger partial charge in [-0.25, -0.2) is 4.98 Å². The van der Waals surface area contributed by atoms with Gasteiger partial charge in [0, 0.05) is 17.2 Å². The second-order valence-corrected chi connectivity index (χ2v) is 7.57. The Bertz CT molecular complexity index is 525. The Balaban J connectivity index is 2.32. The third-order valence-electron chi connectivity index (χ3n) is 4.39. The summed E-state index contributed by atoms with van der Waals surface area (Å²) in [5, 5.41) is 0. The Hall–Kier alpha value is -1.07. The number of pyridine rings is 1. The van der Waals surface area contributed by atoms with E-state index in [1.54, 1.807) is 6.20 Å². The Morgan fingerprint density at radius 2 is 1.59 bits per heavy atom. The van der Waals surface area contributed by atoms with Crippen molar-refractivity contribution in [2.24, 2.45) is 0 Å². The van der Waals surface area contributed by atoms with Crippen LogP contribution in [-0.4, -0.2) is 29.4 Å². The maximum Gasteiger partial charge on any atom is 0.496 e. The fraction of sp³-hybridized carbons (Fsp3) is 0.706. The van der Waals surface area contributed by atoms with E-state index >= 15 is 0 Å². The van der Waals surface area contributed by atoms with Crippen molar-refractivity contribution in [2.45, 2.75) is 78.6 Å². The van der Waals surface area contributed by atoms with Crippen molar-refractivity contribution < 1.29 is 14.0 Å². The first-order valence-corrected chi connectivity index (χ1v) is 8.05. The van der Waals surface area contributed by atoms with E-state index in [1.165, 1.54) is 0 Å². The molecular formula is C17H28BNO3. The summed E-state index contributed by atoms with van der Waals surface area (Å²) in [7, 11) is -0.386. The Labute approximate surface area is 134 Å². The largest absolute Gasteiger partial charge is 0.496 e. The van der Waals surface area contributed by atoms with Crippen LogP contribution < -0.4 is 10.2 Å². The van der Waals surface area contributed by atoms with Crippen molar-refractivity contribution in [3.05, 3.63) is 17.8 Å². The van der Waals surface area contributed by atoms with Gasteiger partial charge in [0.15, 0.2) is 0 Å². The molecule has 0 unspecified atom stereocenters. The Morgan fingerprint density at radius 1 is 1.05 bits per heavy atom. The summed E-state index contributed by atoms with van der Waals surface area (Å²) in [5.74, 6) is 1.02. The van der Waals surface area contributed by atoms with E-state index in [2.05, 4.69) is 52.6 Å². The van der Waals surface area contributed by atoms with Gasteiger partial charge in [0.2, 0.25) is 5.88 Å². The molecule has 1 aromatic heterocycles. The molecule has 0 aliphatic carbocycles. The van der Waals surface area contributed by atoms with Gasteiger partial charge in [-0.1, -0.05) is 19.9 Å². The molecule has 0 radical (unpaired) electrons. The zero-order chi connectivity index (χ0) is 16.7. The van der Waals surface area contributed by atoms with Gasteiger partial charge in [-0.3, -0.25) is 0 Å². The number of aromatic nitrogens is 1. The minimum atomic E-state index is -0.386. The lowest BCUT2D eigenvalue weighted by atomic mass is 9.79. The molecule has 22 heavy (non-hydrogen) atoms. The molecule has 1 aliphatic rings. The lowest BCUT2D eigenvalue weighted by molar-refractivity contribution is 0.00578. The van der Waals surface area contributed by atoms with Crippen LogP contribution in [-0.2, 0) is 9.31 Å². The summed E-state index contributed by atoms with van der Waals surface area (Å²) in [6.07, 6.45) is 1.90. The summed E-state index contributed by atoms with van der Waals surface area (Å²) in [6.45, 7) is 16.5. The van der Waals surface area contributed by atoms with Gasteiger partial charge in [0.1, 0.15) is 0 Å². The van der Waals surface area contributed by atoms with E-state index in [0.717, 1.165) is 11.0 Å². The van der Waals surface area contributed by atoms with Gasteiger partial charge in [0.05, 0.1) is 17.3 Å². The molecule has 122 valence electrons. The second-order valence-electron chi connectivity index (χ2n) is 7.57. The minimum Gasteiger partial charge on any atom is -0.475 e. The van der Waals surface area contributed by atoms with E-state index in [0.29, 0.717) is 11.8 Å². The highest BCUT2D eigenvalue weighted by Gasteiger charge is 2.51. The van der Waals surface area contributed by atoms with Crippen molar-refractivity contribution in [2.75, 3.05) is 0 Å². The molecule has 1 aromatic rings. The Morgan fingerprint density at radius 3 is 2.05 bits per heavy atom. The molecule has 0 bridgehead atoms. The first kappa shape index (κ1) is 17.3. The topological polar surface area (TPSA) is 40.6 Å². The van der Waals surface area contributed by atoms with E-state index in [-0.39, 0.29) is 24.4 Å². The molecule has 5 heteroatoms. The number of ether oxygens (including phenoxy) is 1. The van der Waals surface area contributed by atoms with Gasteiger partial charge >= 0.3 is 7.12 Å². The van der Waals surface area contributed by atoms with Crippen LogP contribution in [0.5, 0.6) is 5.88 Å². The van der Waals surface area contributed by atoms with Gasteiger partial charge in [-0.05, 0) is 47.5 Å². The van der Waals surface area contributed by atoms with Crippen LogP contribution >= 0.6 is 0 Å². The average molecular weight is 305 g/mol. The SMILES string of the molecule is CC(C)Oc1ncc(B2OC(C)(C)C(C)(C)O2)cc1C(C)C. The standard InChI is InChI=1S/C17H28BNO3/c1-11(2)14-9-13(10-19-15(14)20-12(3)4)18-21-16(5,6)17(7,8)22-18/h9-12H,1-8H3. The van der Waals surface area contributed by atoms with Crippen LogP contribution in [0, 0.1) is 0 Å². The molecule has 2 heterocycles. The highest BCUT2D eigenvalue weighted by molar-refractivity contribution is 6.62. The highest BCUT2D eigenvalue weighted by Crippen LogP contribution is 2.36. The average Bonchev–Trinajstić information content (AvgIpc) is 2.57. The summed E-state index contributed by atoms with van der Waals surface area (Å²) >= 11 is 0. The normalized spacial score (nSPS) is 20.0. The summed E-state index contributed by atoms with van der Waals surface area (Å²) in [4.78, 5) is 4.50. The third kappa shape index (κ3) is 3.30. The van der Waals surface area contributed by atoms with Crippen LogP contribution in [0.3, 0.4) is 0 Å².